The van der Waals surface area contributed by atoms with E-state index in [-0.39, 0.29) is 17.9 Å². The van der Waals surface area contributed by atoms with Crippen molar-refractivity contribution in [1.29, 1.82) is 0 Å². The van der Waals surface area contributed by atoms with Gasteiger partial charge in [-0.05, 0) is 79.7 Å². The number of nitrogens with one attached hydrogen (secondary N) is 1. The summed E-state index contributed by atoms with van der Waals surface area (Å²) in [5.74, 6) is 1.17. The van der Waals surface area contributed by atoms with Crippen LogP contribution in [0.2, 0.25) is 0 Å². The van der Waals surface area contributed by atoms with Crippen LogP contribution in [0.4, 0.5) is 5.95 Å². The lowest BCUT2D eigenvalue weighted by Gasteiger charge is -2.31. The van der Waals surface area contributed by atoms with E-state index in [4.69, 9.17) is 0 Å². The average molecular weight is 716 g/mol. The number of nitrogens with zero attached hydrogens (tertiary/aromatic N) is 6. The minimum atomic E-state index is -0.446. The van der Waals surface area contributed by atoms with Gasteiger partial charge in [-0.3, -0.25) is 14.5 Å². The zero-order chi connectivity index (χ0) is 36.0. The number of benzene rings is 5. The summed E-state index contributed by atoms with van der Waals surface area (Å²) in [6.07, 6.45) is 5.42. The van der Waals surface area contributed by atoms with Gasteiger partial charge in [0, 0.05) is 24.8 Å². The lowest BCUT2D eigenvalue weighted by molar-refractivity contribution is 0.0615. The predicted molar refractivity (Wildman–Crippen MR) is 211 cm³/mol. The number of rotatable bonds is 8. The van der Waals surface area contributed by atoms with Gasteiger partial charge in [-0.1, -0.05) is 120 Å². The molecule has 1 saturated carbocycles. The molecule has 1 fully saturated rings. The van der Waals surface area contributed by atoms with E-state index in [9.17, 15) is 9.59 Å². The van der Waals surface area contributed by atoms with Crippen LogP contribution in [0.25, 0.3) is 16.9 Å². The largest absolute Gasteiger partial charge is 0.351 e. The quantitative estimate of drug-likeness (QED) is 0.135. The molecule has 10 heteroatoms. The van der Waals surface area contributed by atoms with E-state index < -0.39 is 7.92 Å². The maximum absolute atomic E-state index is 12.7. The highest BCUT2D eigenvalue weighted by molar-refractivity contribution is 7.79. The van der Waals surface area contributed by atoms with Crippen LogP contribution in [0.1, 0.15) is 46.4 Å². The molecule has 2 amide bonds. The van der Waals surface area contributed by atoms with Crippen LogP contribution >= 0.6 is 7.92 Å². The molecule has 1 N–H and O–H groups in total. The van der Waals surface area contributed by atoms with Crippen molar-refractivity contribution < 1.29 is 9.59 Å². The summed E-state index contributed by atoms with van der Waals surface area (Å²) in [5.41, 5.74) is 2.73. The second-order valence-corrected chi connectivity index (χ2v) is 15.4. The molecule has 5 aromatic carbocycles. The standard InChI is InChI=1S/C25H23N7O2.C18H15P/c33-23-18-5-1-2-6-19(18)24(34)31(23)15-16-9-11-17(12-10-16)27-25-26-14-13-22(28-25)32-21-8-4-3-7-20(21)29-30-32;1-4-10-16(11-5-1)19(17-12-6-2-7-13-17)18-14-8-3-9-15-18/h1-8,13-14,16-17H,9-12,15H2,(H,26,27,28);1-15H. The number of hydrogen-bond donors (Lipinski definition) is 1. The van der Waals surface area contributed by atoms with Crippen molar-refractivity contribution in [3.8, 4) is 5.82 Å². The predicted octanol–water partition coefficient (Wildman–Crippen LogP) is 6.92. The van der Waals surface area contributed by atoms with Crippen molar-refractivity contribution in [3.05, 3.63) is 163 Å². The van der Waals surface area contributed by atoms with Crippen LogP contribution in [0.5, 0.6) is 0 Å². The number of carbonyl (C=O) groups excluding carboxylic acids is 2. The van der Waals surface area contributed by atoms with E-state index >= 15 is 0 Å². The van der Waals surface area contributed by atoms with Crippen LogP contribution < -0.4 is 21.2 Å². The van der Waals surface area contributed by atoms with E-state index in [1.54, 1.807) is 35.1 Å². The number of fused-ring (bicyclic) bond motifs is 2. The number of carbonyl (C=O) groups is 2. The fourth-order valence-corrected chi connectivity index (χ4v) is 9.39. The van der Waals surface area contributed by atoms with E-state index in [0.29, 0.717) is 35.4 Å². The Labute approximate surface area is 309 Å². The molecule has 0 saturated heterocycles. The molecule has 9 nitrogen and oxygen atoms in total. The molecule has 262 valence electrons. The van der Waals surface area contributed by atoms with Crippen molar-refractivity contribution in [2.45, 2.75) is 31.7 Å². The normalized spacial score (nSPS) is 16.7. The molecule has 7 aromatic rings. The van der Waals surface area contributed by atoms with Crippen LogP contribution in [-0.2, 0) is 0 Å². The maximum atomic E-state index is 12.7. The third-order valence-corrected chi connectivity index (χ3v) is 12.2. The van der Waals surface area contributed by atoms with Crippen molar-refractivity contribution >= 4 is 52.6 Å². The minimum absolute atomic E-state index is 0.174. The Kier molecular flexibility index (Phi) is 10.1. The van der Waals surface area contributed by atoms with Gasteiger partial charge < -0.3 is 5.32 Å². The summed E-state index contributed by atoms with van der Waals surface area (Å²) in [6.45, 7) is 0.477. The molecular formula is C43H38N7O2P. The second kappa shape index (κ2) is 15.7. The Balaban J connectivity index is 0.000000178. The summed E-state index contributed by atoms with van der Waals surface area (Å²) < 4.78 is 1.71. The van der Waals surface area contributed by atoms with Gasteiger partial charge in [-0.15, -0.1) is 5.10 Å². The van der Waals surface area contributed by atoms with E-state index in [0.717, 1.165) is 36.7 Å². The van der Waals surface area contributed by atoms with Crippen LogP contribution in [0.3, 0.4) is 0 Å². The van der Waals surface area contributed by atoms with Gasteiger partial charge in [0.05, 0.1) is 16.6 Å². The first kappa shape index (κ1) is 34.1. The van der Waals surface area contributed by atoms with E-state index in [1.165, 1.54) is 20.8 Å². The molecule has 2 aromatic heterocycles. The molecule has 2 aliphatic rings. The highest BCUT2D eigenvalue weighted by Crippen LogP contribution is 2.33. The Hall–Kier alpha value is -6.05. The van der Waals surface area contributed by atoms with E-state index in [1.807, 2.05) is 30.3 Å². The van der Waals surface area contributed by atoms with Gasteiger partial charge in [-0.2, -0.15) is 9.67 Å². The first-order valence-corrected chi connectivity index (χ1v) is 19.3. The average Bonchev–Trinajstić information content (AvgIpc) is 3.76. The summed E-state index contributed by atoms with van der Waals surface area (Å²) in [7, 11) is -0.446. The zero-order valence-electron chi connectivity index (χ0n) is 29.1. The molecule has 1 aliphatic carbocycles. The zero-order valence-corrected chi connectivity index (χ0v) is 30.0. The molecule has 1 aliphatic heterocycles. The highest BCUT2D eigenvalue weighted by Gasteiger charge is 2.37. The summed E-state index contributed by atoms with van der Waals surface area (Å²) >= 11 is 0. The number of hydrogen-bond acceptors (Lipinski definition) is 7. The summed E-state index contributed by atoms with van der Waals surface area (Å²) in [5, 5.41) is 16.1. The first-order chi connectivity index (χ1) is 26.1. The number of amides is 2. The lowest BCUT2D eigenvalue weighted by Crippen LogP contribution is -2.37. The lowest BCUT2D eigenvalue weighted by atomic mass is 9.85. The number of aromatic nitrogens is 5. The Bertz CT molecular complexity index is 2200. The van der Waals surface area contributed by atoms with Crippen molar-refractivity contribution in [3.63, 3.8) is 0 Å². The minimum Gasteiger partial charge on any atom is -0.351 e. The molecule has 0 spiro atoms. The molecule has 3 heterocycles. The summed E-state index contributed by atoms with van der Waals surface area (Å²) in [6, 6.07) is 49.2. The van der Waals surface area contributed by atoms with Crippen molar-refractivity contribution in [2.24, 2.45) is 5.92 Å². The molecule has 0 atom stereocenters. The SMILES string of the molecule is O=C1c2ccccc2C(=O)N1CC1CCC(Nc2nccc(-n3nnc4ccccc43)n2)CC1.c1ccc(P(c2ccccc2)c2ccccc2)cc1. The van der Waals surface area contributed by atoms with Crippen LogP contribution in [0, 0.1) is 5.92 Å². The van der Waals surface area contributed by atoms with Gasteiger partial charge in [0.25, 0.3) is 11.8 Å². The highest BCUT2D eigenvalue weighted by atomic mass is 31.1. The fourth-order valence-electron chi connectivity index (χ4n) is 7.09. The Morgan fingerprint density at radius 3 is 1.74 bits per heavy atom. The van der Waals surface area contributed by atoms with Crippen molar-refractivity contribution in [2.75, 3.05) is 11.9 Å². The maximum Gasteiger partial charge on any atom is 0.261 e. The van der Waals surface area contributed by atoms with E-state index in [2.05, 4.69) is 117 Å². The third-order valence-electron chi connectivity index (χ3n) is 9.75. The molecule has 0 unspecified atom stereocenters. The van der Waals surface area contributed by atoms with Crippen LogP contribution in [-0.4, -0.2) is 54.3 Å². The summed E-state index contributed by atoms with van der Waals surface area (Å²) in [4.78, 5) is 35.8. The number of para-hydroxylation sites is 1. The molecule has 9 rings (SSSR count). The van der Waals surface area contributed by atoms with Crippen molar-refractivity contribution in [1.82, 2.24) is 29.9 Å². The Morgan fingerprint density at radius 2 is 1.15 bits per heavy atom. The molecule has 53 heavy (non-hydrogen) atoms. The van der Waals surface area contributed by atoms with Crippen LogP contribution in [0.15, 0.2) is 152 Å². The molecular weight excluding hydrogens is 677 g/mol. The second-order valence-electron chi connectivity index (χ2n) is 13.2. The van der Waals surface area contributed by atoms with Gasteiger partial charge in [0.2, 0.25) is 5.95 Å². The number of anilines is 1. The number of imide groups is 1. The molecule has 0 radical (unpaired) electrons. The van der Waals surface area contributed by atoms with Gasteiger partial charge in [0.15, 0.2) is 5.82 Å². The van der Waals surface area contributed by atoms with Gasteiger partial charge in [-0.25, -0.2) is 4.98 Å². The van der Waals surface area contributed by atoms with Gasteiger partial charge >= 0.3 is 0 Å². The first-order valence-electron chi connectivity index (χ1n) is 17.9. The smallest absolute Gasteiger partial charge is 0.261 e. The topological polar surface area (TPSA) is 106 Å². The monoisotopic (exact) mass is 715 g/mol. The molecule has 0 bridgehead atoms. The fraction of sp³-hybridized carbons (Fsp3) is 0.163. The van der Waals surface area contributed by atoms with Gasteiger partial charge in [0.1, 0.15) is 5.52 Å². The Morgan fingerprint density at radius 1 is 0.623 bits per heavy atom. The third kappa shape index (κ3) is 7.48.